The summed E-state index contributed by atoms with van der Waals surface area (Å²) in [4.78, 5) is 67.9. The minimum atomic E-state index is -2.30. The van der Waals surface area contributed by atoms with Crippen molar-refractivity contribution in [3.8, 4) is 0 Å². The molecule has 0 spiro atoms. The number of aliphatic hydroxyl groups is 4. The fourth-order valence-electron chi connectivity index (χ4n) is 8.61. The van der Waals surface area contributed by atoms with Crippen LogP contribution in [-0.4, -0.2) is 105 Å². The van der Waals surface area contributed by atoms with E-state index < -0.39 is 95.5 Å². The maximum atomic E-state index is 14.5. The third-order valence-corrected chi connectivity index (χ3v) is 11.6. The van der Waals surface area contributed by atoms with Gasteiger partial charge in [0, 0.05) is 43.8 Å². The molecule has 8 atom stereocenters. The van der Waals surface area contributed by atoms with E-state index in [0.717, 1.165) is 19.8 Å². The first-order chi connectivity index (χ1) is 26.3. The highest BCUT2D eigenvalue weighted by Gasteiger charge is 2.69. The average Bonchev–Trinajstić information content (AvgIpc) is 3.13. The Hall–Kier alpha value is -4.11. The molecule has 0 radical (unpaired) electrons. The second-order valence-electron chi connectivity index (χ2n) is 16.3. The van der Waals surface area contributed by atoms with Crippen LogP contribution in [0, 0.1) is 17.3 Å². The molecule has 1 saturated heterocycles. The maximum absolute atomic E-state index is 14.5. The highest BCUT2D eigenvalue weighted by Crippen LogP contribution is 2.58. The third-order valence-electron chi connectivity index (χ3n) is 11.6. The SMILES string of the molecule is CCCCCC(=O)N[C@@H](CC(C)C)[C@@H](O)C(=O)O[C@H]1C[C@@]2(O)[C@@H](OC(=O)c3ccccc3)[C@H]([C@]3(OC(C)=O)CO[C@@H]3CCO)/C(C)=C(/O)C(=O)C(=C1C)C2(C)C. The molecule has 1 aliphatic heterocycles. The summed E-state index contributed by atoms with van der Waals surface area (Å²) in [5, 5.41) is 49.2. The van der Waals surface area contributed by atoms with Gasteiger partial charge in [0.05, 0.1) is 24.1 Å². The molecule has 2 bridgehead atoms. The fraction of sp³-hybridized carbons (Fsp3) is 0.643. The van der Waals surface area contributed by atoms with Crippen molar-refractivity contribution in [2.75, 3.05) is 13.2 Å². The number of aliphatic hydroxyl groups excluding tert-OH is 3. The first-order valence-corrected chi connectivity index (χ1v) is 19.5. The molecule has 5 N–H and O–H groups in total. The Morgan fingerprint density at radius 2 is 1.70 bits per heavy atom. The van der Waals surface area contributed by atoms with Gasteiger partial charge in [0.25, 0.3) is 0 Å². The number of ketones is 1. The van der Waals surface area contributed by atoms with Gasteiger partial charge < -0.3 is 44.7 Å². The number of amides is 1. The summed E-state index contributed by atoms with van der Waals surface area (Å²) in [5.74, 6) is -6.26. The lowest BCUT2D eigenvalue weighted by atomic mass is 9.53. The summed E-state index contributed by atoms with van der Waals surface area (Å²) >= 11 is 0. The van der Waals surface area contributed by atoms with E-state index in [9.17, 15) is 44.4 Å². The number of hydrogen-bond donors (Lipinski definition) is 5. The van der Waals surface area contributed by atoms with Crippen molar-refractivity contribution >= 4 is 29.6 Å². The molecule has 310 valence electrons. The number of benzene rings is 1. The van der Waals surface area contributed by atoms with Crippen LogP contribution in [0.5, 0.6) is 0 Å². The molecule has 0 saturated carbocycles. The Morgan fingerprint density at radius 3 is 2.25 bits per heavy atom. The molecule has 1 amide bonds. The number of rotatable bonds is 16. The van der Waals surface area contributed by atoms with Crippen molar-refractivity contribution in [3.05, 3.63) is 58.4 Å². The Balaban J connectivity index is 1.88. The molecule has 0 aromatic heterocycles. The molecule has 1 aromatic carbocycles. The molecular formula is C42H59NO13. The monoisotopic (exact) mass is 785 g/mol. The zero-order chi connectivity index (χ0) is 41.7. The Bertz CT molecular complexity index is 1700. The predicted octanol–water partition coefficient (Wildman–Crippen LogP) is 4.19. The van der Waals surface area contributed by atoms with Crippen molar-refractivity contribution in [1.82, 2.24) is 5.32 Å². The quantitative estimate of drug-likeness (QED) is 0.0905. The molecular weight excluding hydrogens is 726 g/mol. The number of allylic oxidation sites excluding steroid dienone is 1. The van der Waals surface area contributed by atoms with Crippen LogP contribution >= 0.6 is 0 Å². The first-order valence-electron chi connectivity index (χ1n) is 19.5. The van der Waals surface area contributed by atoms with Crippen LogP contribution in [-0.2, 0) is 38.1 Å². The van der Waals surface area contributed by atoms with Crippen molar-refractivity contribution in [3.63, 3.8) is 0 Å². The molecule has 14 heteroatoms. The minimum absolute atomic E-state index is 0.0349. The van der Waals surface area contributed by atoms with Gasteiger partial charge in [0.1, 0.15) is 23.9 Å². The second-order valence-corrected chi connectivity index (χ2v) is 16.3. The number of esters is 3. The van der Waals surface area contributed by atoms with E-state index in [1.165, 1.54) is 26.0 Å². The molecule has 0 unspecified atom stereocenters. The Labute approximate surface area is 328 Å². The van der Waals surface area contributed by atoms with Crippen molar-refractivity contribution in [1.29, 1.82) is 0 Å². The third kappa shape index (κ3) is 8.73. The summed E-state index contributed by atoms with van der Waals surface area (Å²) in [7, 11) is 0. The zero-order valence-electron chi connectivity index (χ0n) is 33.8. The molecule has 3 aliphatic rings. The lowest BCUT2D eigenvalue weighted by Crippen LogP contribution is -2.73. The van der Waals surface area contributed by atoms with Gasteiger partial charge in [0.2, 0.25) is 11.7 Å². The molecule has 1 aromatic rings. The van der Waals surface area contributed by atoms with E-state index in [1.807, 2.05) is 20.8 Å². The Morgan fingerprint density at radius 1 is 1.04 bits per heavy atom. The van der Waals surface area contributed by atoms with Gasteiger partial charge in [-0.1, -0.05) is 65.7 Å². The molecule has 2 aliphatic carbocycles. The number of carbonyl (C=O) groups is 5. The largest absolute Gasteiger partial charge is 0.504 e. The number of unbranched alkanes of at least 4 members (excludes halogenated alkanes) is 2. The molecule has 4 rings (SSSR count). The lowest BCUT2D eigenvalue weighted by molar-refractivity contribution is -0.295. The van der Waals surface area contributed by atoms with Crippen molar-refractivity contribution < 1.29 is 63.3 Å². The van der Waals surface area contributed by atoms with E-state index in [2.05, 4.69) is 5.32 Å². The smallest absolute Gasteiger partial charge is 0.338 e. The van der Waals surface area contributed by atoms with E-state index in [0.29, 0.717) is 6.42 Å². The maximum Gasteiger partial charge on any atom is 0.338 e. The number of nitrogens with one attached hydrogen (secondary N) is 1. The van der Waals surface area contributed by atoms with Gasteiger partial charge in [-0.3, -0.25) is 14.4 Å². The van der Waals surface area contributed by atoms with Crippen molar-refractivity contribution in [2.45, 2.75) is 142 Å². The zero-order valence-corrected chi connectivity index (χ0v) is 33.8. The molecule has 56 heavy (non-hydrogen) atoms. The summed E-state index contributed by atoms with van der Waals surface area (Å²) in [6, 6.07) is 6.92. The van der Waals surface area contributed by atoms with Gasteiger partial charge in [-0.2, -0.15) is 0 Å². The topological polar surface area (TPSA) is 215 Å². The molecule has 1 fully saturated rings. The van der Waals surface area contributed by atoms with Crippen LogP contribution in [0.25, 0.3) is 0 Å². The molecule has 1 heterocycles. The van der Waals surface area contributed by atoms with Crippen LogP contribution in [0.2, 0.25) is 0 Å². The number of hydrogen-bond acceptors (Lipinski definition) is 13. The summed E-state index contributed by atoms with van der Waals surface area (Å²) in [6.07, 6.45) is -3.66. The van der Waals surface area contributed by atoms with E-state index >= 15 is 0 Å². The van der Waals surface area contributed by atoms with Gasteiger partial charge in [0.15, 0.2) is 17.5 Å². The fourth-order valence-corrected chi connectivity index (χ4v) is 8.61. The van der Waals surface area contributed by atoms with E-state index in [1.54, 1.807) is 32.0 Å². The first kappa shape index (κ1) is 44.6. The number of carbonyl (C=O) groups excluding carboxylic acids is 5. The second kappa shape index (κ2) is 18.0. The number of ether oxygens (including phenoxy) is 4. The highest BCUT2D eigenvalue weighted by atomic mass is 16.6. The summed E-state index contributed by atoms with van der Waals surface area (Å²) < 4.78 is 24.0. The normalized spacial score (nSPS) is 29.7. The number of fused-ring (bicyclic) bond motifs is 2. The van der Waals surface area contributed by atoms with Gasteiger partial charge in [-0.05, 0) is 55.9 Å². The number of Topliss-reactive ketones (excluding diaryl/α,β-unsaturated/α-hetero) is 1. The predicted molar refractivity (Wildman–Crippen MR) is 203 cm³/mol. The van der Waals surface area contributed by atoms with Crippen LogP contribution in [0.3, 0.4) is 0 Å². The van der Waals surface area contributed by atoms with Crippen LogP contribution in [0.15, 0.2) is 52.8 Å². The standard InChI is InChI=1S/C42H59NO13/c1-9-10-12-17-31(46)43-28(20-23(2)3)35(48)39(51)54-29-21-42(52)37(55-38(50)27-15-13-11-14-16-27)33(41(56-26(6)45)22-53-30(41)18-19-44)25(5)34(47)36(49)32(24(29)4)40(42,7)8/h11,13-16,23,28-30,33,35,37,44,47-48,52H,9-10,12,17-22H2,1-8H3,(H,43,46)/b34-25+/t28-,29-,30+,33+,35+,37-,41-,42+/m0/s1. The van der Waals surface area contributed by atoms with Gasteiger partial charge >= 0.3 is 17.9 Å². The summed E-state index contributed by atoms with van der Waals surface area (Å²) in [6.45, 7) is 12.2. The van der Waals surface area contributed by atoms with Gasteiger partial charge in [-0.25, -0.2) is 9.59 Å². The minimum Gasteiger partial charge on any atom is -0.504 e. The van der Waals surface area contributed by atoms with Crippen molar-refractivity contribution in [2.24, 2.45) is 17.3 Å². The van der Waals surface area contributed by atoms with E-state index in [4.69, 9.17) is 18.9 Å². The van der Waals surface area contributed by atoms with E-state index in [-0.39, 0.29) is 60.0 Å². The van der Waals surface area contributed by atoms with Gasteiger partial charge in [-0.15, -0.1) is 0 Å². The van der Waals surface area contributed by atoms with Crippen LogP contribution < -0.4 is 5.32 Å². The highest BCUT2D eigenvalue weighted by molar-refractivity contribution is 6.09. The average molecular weight is 786 g/mol. The molecule has 14 nitrogen and oxygen atoms in total. The van der Waals surface area contributed by atoms with Crippen LogP contribution in [0.1, 0.15) is 111 Å². The van der Waals surface area contributed by atoms with Crippen LogP contribution in [0.4, 0.5) is 0 Å². The lowest BCUT2D eigenvalue weighted by Gasteiger charge is -2.60. The summed E-state index contributed by atoms with van der Waals surface area (Å²) in [5.41, 5.74) is -5.58. The Kier molecular flexibility index (Phi) is 14.3.